The number of carbonyl (C=O) groups is 1. The summed E-state index contributed by atoms with van der Waals surface area (Å²) >= 11 is 0. The average Bonchev–Trinajstić information content (AvgIpc) is 2.98. The van der Waals surface area contributed by atoms with Crippen molar-refractivity contribution in [3.63, 3.8) is 0 Å². The molecule has 25 heavy (non-hydrogen) atoms. The minimum Gasteiger partial charge on any atom is -0.396 e. The molecule has 3 aliphatic rings. The van der Waals surface area contributed by atoms with Crippen LogP contribution in [-0.2, 0) is 11.2 Å². The number of fused-ring (bicyclic) bond motifs is 1. The quantitative estimate of drug-likeness (QED) is 0.784. The van der Waals surface area contributed by atoms with Crippen molar-refractivity contribution in [2.45, 2.75) is 77.0 Å². The summed E-state index contributed by atoms with van der Waals surface area (Å²) in [4.78, 5) is 12.7. The molecule has 6 nitrogen and oxygen atoms in total. The molecule has 2 saturated carbocycles. The summed E-state index contributed by atoms with van der Waals surface area (Å²) in [5.74, 6) is 0.434. The van der Waals surface area contributed by atoms with E-state index in [0.29, 0.717) is 23.6 Å². The highest BCUT2D eigenvalue weighted by atomic mass is 16.5. The molecule has 3 N–H and O–H groups in total. The Hall–Kier alpha value is -1.40. The molecule has 0 bridgehead atoms. The average molecular weight is 347 g/mol. The van der Waals surface area contributed by atoms with Crippen molar-refractivity contribution in [1.82, 2.24) is 15.5 Å². The van der Waals surface area contributed by atoms with E-state index in [1.54, 1.807) is 0 Å². The van der Waals surface area contributed by atoms with Gasteiger partial charge in [-0.05, 0) is 63.7 Å². The molecule has 1 spiro atoms. The van der Waals surface area contributed by atoms with Gasteiger partial charge in [0.2, 0.25) is 0 Å². The highest BCUT2D eigenvalue weighted by Gasteiger charge is 2.46. The normalized spacial score (nSPS) is 37.4. The van der Waals surface area contributed by atoms with E-state index in [0.717, 1.165) is 43.4 Å². The van der Waals surface area contributed by atoms with E-state index in [2.05, 4.69) is 15.5 Å². The molecular formula is C19H29N3O3. The SMILES string of the molecule is CC1Cc2c(C(=O)NC3CC4(CCC(CO)CC4)C3)n[nH]c2C(C)O1. The van der Waals surface area contributed by atoms with Crippen LogP contribution in [0.2, 0.25) is 0 Å². The zero-order valence-electron chi connectivity index (χ0n) is 15.2. The lowest BCUT2D eigenvalue weighted by atomic mass is 9.57. The number of hydrogen-bond acceptors (Lipinski definition) is 4. The summed E-state index contributed by atoms with van der Waals surface area (Å²) in [7, 11) is 0. The lowest BCUT2D eigenvalue weighted by Crippen LogP contribution is -2.52. The number of nitrogens with zero attached hydrogens (tertiary/aromatic N) is 1. The summed E-state index contributed by atoms with van der Waals surface area (Å²) in [6, 6.07) is 0.264. The molecule has 2 heterocycles. The first-order valence-corrected chi connectivity index (χ1v) is 9.64. The number of H-pyrrole nitrogens is 1. The molecule has 6 heteroatoms. The van der Waals surface area contributed by atoms with Gasteiger partial charge in [0, 0.05) is 24.6 Å². The number of aromatic amines is 1. The monoisotopic (exact) mass is 347 g/mol. The summed E-state index contributed by atoms with van der Waals surface area (Å²) in [5.41, 5.74) is 2.91. The first-order valence-electron chi connectivity index (χ1n) is 9.64. The fraction of sp³-hybridized carbons (Fsp3) is 0.789. The molecule has 2 unspecified atom stereocenters. The van der Waals surface area contributed by atoms with Gasteiger partial charge in [0.25, 0.3) is 5.91 Å². The van der Waals surface area contributed by atoms with E-state index < -0.39 is 0 Å². The van der Waals surface area contributed by atoms with Gasteiger partial charge in [-0.2, -0.15) is 5.10 Å². The topological polar surface area (TPSA) is 87.2 Å². The van der Waals surface area contributed by atoms with Gasteiger partial charge in [0.05, 0.1) is 17.9 Å². The summed E-state index contributed by atoms with van der Waals surface area (Å²) in [6.07, 6.45) is 7.57. The van der Waals surface area contributed by atoms with Crippen molar-refractivity contribution in [3.8, 4) is 0 Å². The van der Waals surface area contributed by atoms with Gasteiger partial charge in [-0.15, -0.1) is 0 Å². The Morgan fingerprint density at radius 1 is 1.36 bits per heavy atom. The Kier molecular flexibility index (Phi) is 4.36. The van der Waals surface area contributed by atoms with Crippen molar-refractivity contribution >= 4 is 5.91 Å². The molecule has 2 aliphatic carbocycles. The van der Waals surface area contributed by atoms with Crippen molar-refractivity contribution in [3.05, 3.63) is 17.0 Å². The number of ether oxygens (including phenoxy) is 1. The fourth-order valence-electron chi connectivity index (χ4n) is 5.08. The second kappa shape index (κ2) is 6.40. The standard InChI is InChI=1S/C19H29N3O3/c1-11-7-15-16(12(2)25-11)21-22-17(15)18(24)20-14-8-19(9-14)5-3-13(10-23)4-6-19/h11-14,23H,3-10H2,1-2H3,(H,20,24)(H,21,22). The maximum Gasteiger partial charge on any atom is 0.272 e. The van der Waals surface area contributed by atoms with Gasteiger partial charge >= 0.3 is 0 Å². The second-order valence-corrected chi connectivity index (χ2v) is 8.46. The number of aliphatic hydroxyl groups is 1. The predicted octanol–water partition coefficient (Wildman–Crippen LogP) is 2.49. The van der Waals surface area contributed by atoms with E-state index in [1.807, 2.05) is 13.8 Å². The number of aliphatic hydroxyl groups excluding tert-OH is 1. The lowest BCUT2D eigenvalue weighted by molar-refractivity contribution is -0.00702. The van der Waals surface area contributed by atoms with Crippen LogP contribution in [-0.4, -0.2) is 40.0 Å². The van der Waals surface area contributed by atoms with Crippen LogP contribution < -0.4 is 5.32 Å². The smallest absolute Gasteiger partial charge is 0.272 e. The molecule has 1 aromatic rings. The second-order valence-electron chi connectivity index (χ2n) is 8.46. The first-order chi connectivity index (χ1) is 12.0. The molecule has 0 aromatic carbocycles. The molecule has 0 saturated heterocycles. The number of rotatable bonds is 3. The molecule has 2 atom stereocenters. The van der Waals surface area contributed by atoms with Gasteiger partial charge in [-0.1, -0.05) is 0 Å². The molecule has 1 aromatic heterocycles. The van der Waals surface area contributed by atoms with E-state index in [4.69, 9.17) is 4.74 Å². The lowest BCUT2D eigenvalue weighted by Gasteiger charge is -2.51. The van der Waals surface area contributed by atoms with Gasteiger partial charge in [-0.25, -0.2) is 0 Å². The molecular weight excluding hydrogens is 318 g/mol. The van der Waals surface area contributed by atoms with E-state index >= 15 is 0 Å². The third-order valence-electron chi connectivity index (χ3n) is 6.57. The Morgan fingerprint density at radius 3 is 2.76 bits per heavy atom. The minimum absolute atomic E-state index is 0.0403. The first kappa shape index (κ1) is 17.0. The highest BCUT2D eigenvalue weighted by molar-refractivity contribution is 5.94. The van der Waals surface area contributed by atoms with Crippen LogP contribution in [0.25, 0.3) is 0 Å². The maximum absolute atomic E-state index is 12.7. The molecule has 0 radical (unpaired) electrons. The number of carbonyl (C=O) groups excluding carboxylic acids is 1. The van der Waals surface area contributed by atoms with Crippen LogP contribution in [0.3, 0.4) is 0 Å². The van der Waals surface area contributed by atoms with E-state index in [-0.39, 0.29) is 24.2 Å². The van der Waals surface area contributed by atoms with E-state index in [1.165, 1.54) is 12.8 Å². The van der Waals surface area contributed by atoms with Crippen LogP contribution in [0.5, 0.6) is 0 Å². The Morgan fingerprint density at radius 2 is 2.08 bits per heavy atom. The third-order valence-corrected chi connectivity index (χ3v) is 6.57. The van der Waals surface area contributed by atoms with Crippen molar-refractivity contribution < 1.29 is 14.6 Å². The number of aromatic nitrogens is 2. The van der Waals surface area contributed by atoms with Crippen LogP contribution in [0.4, 0.5) is 0 Å². The highest BCUT2D eigenvalue weighted by Crippen LogP contribution is 2.52. The number of nitrogens with one attached hydrogen (secondary N) is 2. The van der Waals surface area contributed by atoms with Gasteiger partial charge in [-0.3, -0.25) is 9.89 Å². The Balaban J connectivity index is 1.35. The zero-order valence-corrected chi connectivity index (χ0v) is 15.2. The van der Waals surface area contributed by atoms with Crippen molar-refractivity contribution in [2.24, 2.45) is 11.3 Å². The third kappa shape index (κ3) is 3.10. The Bertz CT molecular complexity index is 640. The van der Waals surface area contributed by atoms with Gasteiger partial charge in [0.1, 0.15) is 0 Å². The number of hydrogen-bond donors (Lipinski definition) is 3. The van der Waals surface area contributed by atoms with Crippen molar-refractivity contribution in [1.29, 1.82) is 0 Å². The van der Waals surface area contributed by atoms with Gasteiger partial charge < -0.3 is 15.2 Å². The Labute approximate surface area is 148 Å². The summed E-state index contributed by atoms with van der Waals surface area (Å²) in [5, 5.41) is 19.7. The molecule has 1 aliphatic heterocycles. The van der Waals surface area contributed by atoms with Crippen molar-refractivity contribution in [2.75, 3.05) is 6.61 Å². The van der Waals surface area contributed by atoms with Crippen LogP contribution in [0, 0.1) is 11.3 Å². The fourth-order valence-corrected chi connectivity index (χ4v) is 5.08. The minimum atomic E-state index is -0.0531. The molecule has 4 rings (SSSR count). The number of amides is 1. The van der Waals surface area contributed by atoms with Crippen LogP contribution in [0.15, 0.2) is 0 Å². The van der Waals surface area contributed by atoms with Crippen LogP contribution in [0.1, 0.15) is 80.2 Å². The van der Waals surface area contributed by atoms with Gasteiger partial charge in [0.15, 0.2) is 5.69 Å². The molecule has 1 amide bonds. The van der Waals surface area contributed by atoms with Crippen LogP contribution >= 0.6 is 0 Å². The largest absolute Gasteiger partial charge is 0.396 e. The predicted molar refractivity (Wildman–Crippen MR) is 93.2 cm³/mol. The maximum atomic E-state index is 12.7. The molecule has 138 valence electrons. The summed E-state index contributed by atoms with van der Waals surface area (Å²) < 4.78 is 5.79. The van der Waals surface area contributed by atoms with E-state index in [9.17, 15) is 9.90 Å². The summed E-state index contributed by atoms with van der Waals surface area (Å²) in [6.45, 7) is 4.35. The molecule has 2 fully saturated rings. The zero-order chi connectivity index (χ0) is 17.6.